The molecule has 0 spiro atoms. The normalized spacial score (nSPS) is 14.3. The van der Waals surface area contributed by atoms with Crippen LogP contribution in [0.3, 0.4) is 0 Å². The van der Waals surface area contributed by atoms with Gasteiger partial charge in [-0.25, -0.2) is 23.8 Å². The number of aromatic nitrogens is 4. The quantitative estimate of drug-likeness (QED) is 0.220. The fourth-order valence-electron chi connectivity index (χ4n) is 6.10. The Morgan fingerprint density at radius 3 is 2.58 bits per heavy atom. The zero-order chi connectivity index (χ0) is 30.4. The molecule has 9 nitrogen and oxygen atoms in total. The maximum atomic E-state index is 14.3. The summed E-state index contributed by atoms with van der Waals surface area (Å²) in [5, 5.41) is 16.6. The van der Waals surface area contributed by atoms with Gasteiger partial charge in [0.25, 0.3) is 0 Å². The fraction of sp³-hybridized carbons (Fsp3) is 0.176. The van der Waals surface area contributed by atoms with Crippen molar-refractivity contribution in [1.29, 1.82) is 0 Å². The van der Waals surface area contributed by atoms with E-state index in [-0.39, 0.29) is 24.0 Å². The smallest absolute Gasteiger partial charge is 0.343 e. The standard InChI is InChI=1S/C34H29FN6O3.ClH/c1-20(41-33-29(32(36)37-19-38-33)30(39-41)23-14-24(35)16-25(42)15-23)31-28(26-11-5-6-12-27(26)34(43)44-31)22-10-7-13-40(18-22)17-21-8-3-2-4-9-21;/h2-6,8-12,14-16,19-20,42H,7,13,17-18H2,1H3,(H2,36,37,38);1H. The van der Waals surface area contributed by atoms with E-state index in [1.807, 2.05) is 43.3 Å². The second kappa shape index (κ2) is 12.1. The molecule has 1 aliphatic rings. The maximum absolute atomic E-state index is 14.3. The topological polar surface area (TPSA) is 123 Å². The van der Waals surface area contributed by atoms with Gasteiger partial charge < -0.3 is 15.3 Å². The summed E-state index contributed by atoms with van der Waals surface area (Å²) >= 11 is 0. The fourth-order valence-corrected chi connectivity index (χ4v) is 6.10. The third-order valence-electron chi connectivity index (χ3n) is 8.09. The van der Waals surface area contributed by atoms with Crippen molar-refractivity contribution in [3.05, 3.63) is 118 Å². The Hall–Kier alpha value is -5.06. The summed E-state index contributed by atoms with van der Waals surface area (Å²) in [6.45, 7) is 4.23. The number of hydrogen-bond acceptors (Lipinski definition) is 8. The molecule has 0 amide bonds. The highest BCUT2D eigenvalue weighted by Gasteiger charge is 2.28. The van der Waals surface area contributed by atoms with Crippen molar-refractivity contribution in [1.82, 2.24) is 24.6 Å². The third kappa shape index (κ3) is 5.54. The molecule has 0 radical (unpaired) electrons. The average Bonchev–Trinajstić information content (AvgIpc) is 3.42. The molecule has 0 fully saturated rings. The Labute approximate surface area is 263 Å². The van der Waals surface area contributed by atoms with Crippen molar-refractivity contribution < 1.29 is 13.9 Å². The average molecular weight is 625 g/mol. The predicted octanol–water partition coefficient (Wildman–Crippen LogP) is 6.35. The number of benzene rings is 3. The summed E-state index contributed by atoms with van der Waals surface area (Å²) in [5.41, 5.74) is 9.95. The van der Waals surface area contributed by atoms with Crippen molar-refractivity contribution in [2.75, 3.05) is 18.8 Å². The van der Waals surface area contributed by atoms with Gasteiger partial charge >= 0.3 is 5.63 Å². The summed E-state index contributed by atoms with van der Waals surface area (Å²) in [5.74, 6) is -0.299. The van der Waals surface area contributed by atoms with Crippen LogP contribution in [0.15, 0.2) is 94.4 Å². The Morgan fingerprint density at radius 1 is 1.04 bits per heavy atom. The van der Waals surface area contributed by atoms with Gasteiger partial charge in [-0.15, -0.1) is 12.4 Å². The van der Waals surface area contributed by atoms with Crippen LogP contribution in [-0.4, -0.2) is 42.8 Å². The number of phenolic OH excluding ortho intramolecular Hbond substituents is 1. The van der Waals surface area contributed by atoms with Crippen LogP contribution in [0.5, 0.6) is 5.75 Å². The molecular weight excluding hydrogens is 595 g/mol. The highest BCUT2D eigenvalue weighted by molar-refractivity contribution is 5.99. The lowest BCUT2D eigenvalue weighted by atomic mass is 9.93. The van der Waals surface area contributed by atoms with Crippen LogP contribution in [0.4, 0.5) is 10.2 Å². The number of anilines is 1. The van der Waals surface area contributed by atoms with E-state index >= 15 is 0 Å². The molecule has 3 aromatic heterocycles. The number of halogens is 2. The molecule has 4 heterocycles. The minimum atomic E-state index is -0.627. The van der Waals surface area contributed by atoms with E-state index in [0.717, 1.165) is 42.1 Å². The number of aromatic hydroxyl groups is 1. The lowest BCUT2D eigenvalue weighted by Crippen LogP contribution is -2.29. The molecule has 1 unspecified atom stereocenters. The number of nitrogens with zero attached hydrogens (tertiary/aromatic N) is 5. The summed E-state index contributed by atoms with van der Waals surface area (Å²) in [4.78, 5) is 24.4. The van der Waals surface area contributed by atoms with Crippen molar-refractivity contribution in [3.63, 3.8) is 0 Å². The molecular formula is C34H30ClFN6O3. The van der Waals surface area contributed by atoms with Gasteiger partial charge in [-0.3, -0.25) is 4.90 Å². The van der Waals surface area contributed by atoms with Gasteiger partial charge in [0.2, 0.25) is 0 Å². The largest absolute Gasteiger partial charge is 0.508 e. The van der Waals surface area contributed by atoms with Gasteiger partial charge in [0.1, 0.15) is 41.2 Å². The number of rotatable bonds is 6. The van der Waals surface area contributed by atoms with E-state index in [4.69, 9.17) is 15.2 Å². The van der Waals surface area contributed by atoms with E-state index < -0.39 is 17.5 Å². The number of fused-ring (bicyclic) bond motifs is 2. The molecule has 7 rings (SSSR count). The molecule has 0 saturated carbocycles. The molecule has 3 aromatic carbocycles. The van der Waals surface area contributed by atoms with Crippen LogP contribution >= 0.6 is 12.4 Å². The highest BCUT2D eigenvalue weighted by Crippen LogP contribution is 2.38. The number of nitrogen functional groups attached to an aromatic ring is 1. The zero-order valence-corrected chi connectivity index (χ0v) is 25.2. The van der Waals surface area contributed by atoms with Crippen molar-refractivity contribution >= 4 is 45.6 Å². The number of hydrogen-bond donors (Lipinski definition) is 2. The molecule has 0 aliphatic carbocycles. The first kappa shape index (κ1) is 30.0. The monoisotopic (exact) mass is 624 g/mol. The molecule has 1 aliphatic heterocycles. The number of phenols is 1. The summed E-state index contributed by atoms with van der Waals surface area (Å²) in [7, 11) is 0. The number of nitrogens with two attached hydrogens (primary N) is 1. The van der Waals surface area contributed by atoms with Crippen molar-refractivity contribution in [2.45, 2.75) is 25.9 Å². The van der Waals surface area contributed by atoms with Gasteiger partial charge in [-0.05, 0) is 48.1 Å². The molecule has 0 bridgehead atoms. The third-order valence-corrected chi connectivity index (χ3v) is 8.09. The van der Waals surface area contributed by atoms with Gasteiger partial charge in [0.15, 0.2) is 5.65 Å². The van der Waals surface area contributed by atoms with Crippen LogP contribution in [0.2, 0.25) is 0 Å². The van der Waals surface area contributed by atoms with Crippen LogP contribution in [-0.2, 0) is 6.54 Å². The molecule has 0 saturated heterocycles. The van der Waals surface area contributed by atoms with E-state index in [1.165, 1.54) is 24.0 Å². The molecule has 45 heavy (non-hydrogen) atoms. The van der Waals surface area contributed by atoms with Gasteiger partial charge in [0.05, 0.1) is 10.8 Å². The summed E-state index contributed by atoms with van der Waals surface area (Å²) < 4.78 is 22.1. The first-order valence-electron chi connectivity index (χ1n) is 14.4. The second-order valence-electron chi connectivity index (χ2n) is 11.0. The summed E-state index contributed by atoms with van der Waals surface area (Å²) in [6, 6.07) is 20.8. The lowest BCUT2D eigenvalue weighted by molar-refractivity contribution is 0.296. The Balaban J connectivity index is 0.00000357. The van der Waals surface area contributed by atoms with Gasteiger partial charge in [-0.1, -0.05) is 54.6 Å². The molecule has 228 valence electrons. The van der Waals surface area contributed by atoms with Gasteiger partial charge in [-0.2, -0.15) is 5.10 Å². The van der Waals surface area contributed by atoms with Crippen LogP contribution < -0.4 is 11.4 Å². The second-order valence-corrected chi connectivity index (χ2v) is 11.0. The van der Waals surface area contributed by atoms with Gasteiger partial charge in [0, 0.05) is 36.8 Å². The minimum absolute atomic E-state index is 0. The Bertz CT molecular complexity index is 2110. The lowest BCUT2D eigenvalue weighted by Gasteiger charge is -2.29. The van der Waals surface area contributed by atoms with Crippen LogP contribution in [0.1, 0.15) is 36.3 Å². The van der Waals surface area contributed by atoms with Crippen molar-refractivity contribution in [3.8, 4) is 17.0 Å². The SMILES string of the molecule is CC(c1oc(=O)c2ccccc2c1C1=CCCN(Cc2ccccc2)C1)n1nc(-c2cc(O)cc(F)c2)c2c(N)ncnc21.Cl. The van der Waals surface area contributed by atoms with E-state index in [1.54, 1.807) is 10.7 Å². The Morgan fingerprint density at radius 2 is 1.80 bits per heavy atom. The molecule has 1 atom stereocenters. The Kier molecular flexibility index (Phi) is 8.09. The first-order chi connectivity index (χ1) is 21.4. The maximum Gasteiger partial charge on any atom is 0.343 e. The van der Waals surface area contributed by atoms with E-state index in [0.29, 0.717) is 40.0 Å². The minimum Gasteiger partial charge on any atom is -0.508 e. The predicted molar refractivity (Wildman–Crippen MR) is 175 cm³/mol. The zero-order valence-electron chi connectivity index (χ0n) is 24.4. The first-order valence-corrected chi connectivity index (χ1v) is 14.4. The van der Waals surface area contributed by atoms with Crippen LogP contribution in [0, 0.1) is 5.82 Å². The highest BCUT2D eigenvalue weighted by atomic mass is 35.5. The molecule has 3 N–H and O–H groups in total. The van der Waals surface area contributed by atoms with Crippen LogP contribution in [0.25, 0.3) is 38.6 Å². The van der Waals surface area contributed by atoms with E-state index in [2.05, 4.69) is 33.1 Å². The van der Waals surface area contributed by atoms with Crippen molar-refractivity contribution in [2.24, 2.45) is 0 Å². The van der Waals surface area contributed by atoms with E-state index in [9.17, 15) is 14.3 Å². The molecule has 6 aromatic rings. The summed E-state index contributed by atoms with van der Waals surface area (Å²) in [6.07, 6.45) is 4.38. The molecule has 11 heteroatoms.